The van der Waals surface area contributed by atoms with Gasteiger partial charge in [-0.05, 0) is 35.7 Å². The van der Waals surface area contributed by atoms with Crippen LogP contribution in [-0.4, -0.2) is 32.1 Å². The van der Waals surface area contributed by atoms with Crippen molar-refractivity contribution < 1.29 is 13.2 Å². The molecule has 0 atom stereocenters. The summed E-state index contributed by atoms with van der Waals surface area (Å²) in [5.41, 5.74) is 3.46. The molecule has 3 rings (SSSR count). The van der Waals surface area contributed by atoms with Gasteiger partial charge in [-0.1, -0.05) is 30.3 Å². The zero-order valence-corrected chi connectivity index (χ0v) is 14.8. The highest BCUT2D eigenvalue weighted by atomic mass is 32.2. The second-order valence-electron chi connectivity index (χ2n) is 6.13. The molecule has 5 nitrogen and oxygen atoms in total. The average Bonchev–Trinajstić information content (AvgIpc) is 2.97. The molecule has 130 valence electrons. The molecule has 0 saturated carbocycles. The molecule has 0 aliphatic heterocycles. The van der Waals surface area contributed by atoms with E-state index >= 15 is 0 Å². The van der Waals surface area contributed by atoms with Crippen molar-refractivity contribution in [2.45, 2.75) is 12.2 Å². The van der Waals surface area contributed by atoms with E-state index in [-0.39, 0.29) is 11.7 Å². The van der Waals surface area contributed by atoms with Crippen LogP contribution in [-0.2, 0) is 22.0 Å². The summed E-state index contributed by atoms with van der Waals surface area (Å²) in [4.78, 5) is 15.4. The number of H-pyrrole nitrogens is 1. The highest BCUT2D eigenvalue weighted by Crippen LogP contribution is 2.17. The third kappa shape index (κ3) is 4.48. The quantitative estimate of drug-likeness (QED) is 0.713. The lowest BCUT2D eigenvalue weighted by atomic mass is 10.1. The van der Waals surface area contributed by atoms with E-state index in [2.05, 4.69) is 16.4 Å². The fourth-order valence-electron chi connectivity index (χ4n) is 2.81. The number of aromatic nitrogens is 1. The van der Waals surface area contributed by atoms with Gasteiger partial charge in [0.15, 0.2) is 9.84 Å². The molecule has 1 amide bonds. The molecule has 0 aliphatic rings. The number of benzene rings is 2. The maximum Gasteiger partial charge on any atom is 0.251 e. The molecule has 0 bridgehead atoms. The highest BCUT2D eigenvalue weighted by molar-refractivity contribution is 7.89. The van der Waals surface area contributed by atoms with Crippen molar-refractivity contribution in [3.8, 4) is 0 Å². The first-order valence-electron chi connectivity index (χ1n) is 8.02. The van der Waals surface area contributed by atoms with Crippen molar-refractivity contribution in [2.75, 3.05) is 12.8 Å². The van der Waals surface area contributed by atoms with Gasteiger partial charge in [0.2, 0.25) is 0 Å². The van der Waals surface area contributed by atoms with E-state index < -0.39 is 9.84 Å². The molecule has 0 spiro atoms. The molecular formula is C19H20N2O3S. The summed E-state index contributed by atoms with van der Waals surface area (Å²) in [6.45, 7) is 0.534. The summed E-state index contributed by atoms with van der Waals surface area (Å²) in [6, 6.07) is 14.7. The number of nitrogens with one attached hydrogen (secondary N) is 2. The van der Waals surface area contributed by atoms with Crippen molar-refractivity contribution in [1.82, 2.24) is 10.3 Å². The minimum Gasteiger partial charge on any atom is -0.361 e. The minimum atomic E-state index is -3.07. The fourth-order valence-corrected chi connectivity index (χ4v) is 3.60. The average molecular weight is 356 g/mol. The van der Waals surface area contributed by atoms with Gasteiger partial charge in [0.1, 0.15) is 0 Å². The number of para-hydroxylation sites is 1. The van der Waals surface area contributed by atoms with E-state index in [9.17, 15) is 13.2 Å². The lowest BCUT2D eigenvalue weighted by molar-refractivity contribution is 0.0954. The maximum atomic E-state index is 12.2. The number of sulfone groups is 1. The summed E-state index contributed by atoms with van der Waals surface area (Å²) in [6.07, 6.45) is 3.90. The van der Waals surface area contributed by atoms with Gasteiger partial charge in [-0.3, -0.25) is 4.79 Å². The molecule has 3 aromatic rings. The Bertz CT molecular complexity index is 989. The van der Waals surface area contributed by atoms with Gasteiger partial charge >= 0.3 is 0 Å². The van der Waals surface area contributed by atoms with E-state index in [0.29, 0.717) is 17.7 Å². The van der Waals surface area contributed by atoms with Crippen LogP contribution in [0.25, 0.3) is 10.9 Å². The molecule has 6 heteroatoms. The van der Waals surface area contributed by atoms with Crippen LogP contribution in [0.2, 0.25) is 0 Å². The van der Waals surface area contributed by atoms with Crippen molar-refractivity contribution in [2.24, 2.45) is 0 Å². The van der Waals surface area contributed by atoms with E-state index in [0.717, 1.165) is 11.9 Å². The van der Waals surface area contributed by atoms with Gasteiger partial charge in [-0.25, -0.2) is 8.42 Å². The zero-order chi connectivity index (χ0) is 17.9. The summed E-state index contributed by atoms with van der Waals surface area (Å²) in [7, 11) is -3.07. The molecule has 0 saturated heterocycles. The molecule has 1 aromatic heterocycles. The van der Waals surface area contributed by atoms with Crippen LogP contribution in [0.1, 0.15) is 21.5 Å². The number of hydrogen-bond donors (Lipinski definition) is 2. The minimum absolute atomic E-state index is 0.0184. The standard InChI is InChI=1S/C19H20N2O3S/c1-25(23,24)13-14-6-8-15(9-7-14)19(22)20-11-10-16-12-21-18-5-3-2-4-17(16)18/h2-9,12,21H,10-11,13H2,1H3,(H,20,22). The third-order valence-corrected chi connectivity index (χ3v) is 4.86. The Morgan fingerprint density at radius 3 is 2.52 bits per heavy atom. The fraction of sp³-hybridized carbons (Fsp3) is 0.211. The Balaban J connectivity index is 1.57. The SMILES string of the molecule is CS(=O)(=O)Cc1ccc(C(=O)NCCc2c[nH]c3ccccc23)cc1. The van der Waals surface area contributed by atoms with Crippen molar-refractivity contribution in [1.29, 1.82) is 0 Å². The first kappa shape index (κ1) is 17.2. The predicted octanol–water partition coefficient (Wildman–Crippen LogP) is 2.69. The maximum absolute atomic E-state index is 12.2. The van der Waals surface area contributed by atoms with E-state index in [1.807, 2.05) is 24.4 Å². The molecule has 2 aromatic carbocycles. The second-order valence-corrected chi connectivity index (χ2v) is 8.27. The van der Waals surface area contributed by atoms with Crippen LogP contribution in [0.15, 0.2) is 54.7 Å². The monoisotopic (exact) mass is 356 g/mol. The van der Waals surface area contributed by atoms with Gasteiger partial charge in [0, 0.05) is 35.5 Å². The number of fused-ring (bicyclic) bond motifs is 1. The van der Waals surface area contributed by atoms with Crippen molar-refractivity contribution in [3.05, 3.63) is 71.4 Å². The van der Waals surface area contributed by atoms with Crippen molar-refractivity contribution in [3.63, 3.8) is 0 Å². The van der Waals surface area contributed by atoms with Gasteiger partial charge in [0.25, 0.3) is 5.91 Å². The number of hydrogen-bond acceptors (Lipinski definition) is 3. The first-order valence-corrected chi connectivity index (χ1v) is 10.1. The molecule has 25 heavy (non-hydrogen) atoms. The third-order valence-electron chi connectivity index (χ3n) is 4.00. The molecule has 0 aliphatic carbocycles. The molecular weight excluding hydrogens is 336 g/mol. The van der Waals surface area contributed by atoms with E-state index in [4.69, 9.17) is 0 Å². The van der Waals surface area contributed by atoms with Gasteiger partial charge in [0.05, 0.1) is 5.75 Å². The number of rotatable bonds is 6. The number of amides is 1. The van der Waals surface area contributed by atoms with Crippen LogP contribution in [0.4, 0.5) is 0 Å². The summed E-state index contributed by atoms with van der Waals surface area (Å²) >= 11 is 0. The topological polar surface area (TPSA) is 79.0 Å². The van der Waals surface area contributed by atoms with Crippen LogP contribution in [0.3, 0.4) is 0 Å². The van der Waals surface area contributed by atoms with E-state index in [1.165, 1.54) is 17.2 Å². The molecule has 2 N–H and O–H groups in total. The highest BCUT2D eigenvalue weighted by Gasteiger charge is 2.08. The summed E-state index contributed by atoms with van der Waals surface area (Å²) in [5.74, 6) is -0.180. The van der Waals surface area contributed by atoms with Crippen molar-refractivity contribution >= 4 is 26.6 Å². The number of aromatic amines is 1. The van der Waals surface area contributed by atoms with Gasteiger partial charge in [-0.15, -0.1) is 0 Å². The lowest BCUT2D eigenvalue weighted by Crippen LogP contribution is -2.25. The van der Waals surface area contributed by atoms with Crippen LogP contribution < -0.4 is 5.32 Å². The summed E-state index contributed by atoms with van der Waals surface area (Å²) in [5, 5.41) is 4.07. The van der Waals surface area contributed by atoms with E-state index in [1.54, 1.807) is 24.3 Å². The van der Waals surface area contributed by atoms with Gasteiger partial charge in [-0.2, -0.15) is 0 Å². The Labute approximate surface area is 147 Å². The second kappa shape index (κ2) is 7.11. The smallest absolute Gasteiger partial charge is 0.251 e. The molecule has 0 unspecified atom stereocenters. The Morgan fingerprint density at radius 1 is 1.08 bits per heavy atom. The summed E-state index contributed by atoms with van der Waals surface area (Å²) < 4.78 is 22.6. The molecule has 0 fully saturated rings. The van der Waals surface area contributed by atoms with Gasteiger partial charge < -0.3 is 10.3 Å². The molecule has 0 radical (unpaired) electrons. The van der Waals surface area contributed by atoms with Crippen LogP contribution in [0, 0.1) is 0 Å². The lowest BCUT2D eigenvalue weighted by Gasteiger charge is -2.06. The largest absolute Gasteiger partial charge is 0.361 e. The zero-order valence-electron chi connectivity index (χ0n) is 14.0. The Morgan fingerprint density at radius 2 is 1.80 bits per heavy atom. The Kier molecular flexibility index (Phi) is 4.90. The normalized spacial score (nSPS) is 11.6. The predicted molar refractivity (Wildman–Crippen MR) is 99.3 cm³/mol. The Hall–Kier alpha value is -2.60. The van der Waals surface area contributed by atoms with Crippen LogP contribution >= 0.6 is 0 Å². The number of carbonyl (C=O) groups excluding carboxylic acids is 1. The number of carbonyl (C=O) groups is 1. The van der Waals surface area contributed by atoms with Crippen LogP contribution in [0.5, 0.6) is 0 Å². The molecule has 1 heterocycles. The first-order chi connectivity index (χ1) is 11.9.